The van der Waals surface area contributed by atoms with Gasteiger partial charge in [-0.05, 0) is 57.2 Å². The van der Waals surface area contributed by atoms with Crippen LogP contribution < -0.4 is 5.32 Å². The molecule has 0 amide bonds. The standard InChI is InChI=1S/C14H27FN2.C2H6/c1-2-3-13-6-9-17(11-14(13)15)10-12-4-7-16-8-5-12;1-2/h12-14,16H,2-11H2,1H3;1-2H3. The zero-order valence-electron chi connectivity index (χ0n) is 13.1. The van der Waals surface area contributed by atoms with Crippen molar-refractivity contribution in [2.75, 3.05) is 32.7 Å². The first-order valence-corrected chi connectivity index (χ1v) is 8.36. The molecule has 2 atom stereocenters. The van der Waals surface area contributed by atoms with Crippen molar-refractivity contribution in [1.29, 1.82) is 0 Å². The summed E-state index contributed by atoms with van der Waals surface area (Å²) in [5.74, 6) is 1.13. The van der Waals surface area contributed by atoms with Gasteiger partial charge in [0.05, 0.1) is 0 Å². The number of alkyl halides is 1. The van der Waals surface area contributed by atoms with Crippen LogP contribution in [0.3, 0.4) is 0 Å². The Labute approximate surface area is 119 Å². The molecule has 3 heteroatoms. The third-order valence-corrected chi connectivity index (χ3v) is 4.39. The van der Waals surface area contributed by atoms with Crippen LogP contribution in [-0.2, 0) is 0 Å². The number of rotatable bonds is 4. The van der Waals surface area contributed by atoms with Gasteiger partial charge in [0.1, 0.15) is 6.17 Å². The van der Waals surface area contributed by atoms with Crippen molar-refractivity contribution in [1.82, 2.24) is 10.2 Å². The molecule has 2 aliphatic heterocycles. The molecular weight excluding hydrogens is 239 g/mol. The summed E-state index contributed by atoms with van der Waals surface area (Å²) in [6.07, 6.45) is 5.23. The second kappa shape index (κ2) is 9.71. The predicted molar refractivity (Wildman–Crippen MR) is 81.3 cm³/mol. The van der Waals surface area contributed by atoms with Gasteiger partial charge in [-0.1, -0.05) is 27.2 Å². The molecule has 2 saturated heterocycles. The summed E-state index contributed by atoms with van der Waals surface area (Å²) in [5.41, 5.74) is 0. The summed E-state index contributed by atoms with van der Waals surface area (Å²) < 4.78 is 14.0. The molecule has 0 bridgehead atoms. The maximum Gasteiger partial charge on any atom is 0.116 e. The van der Waals surface area contributed by atoms with Gasteiger partial charge in [-0.25, -0.2) is 4.39 Å². The second-order valence-electron chi connectivity index (χ2n) is 5.81. The van der Waals surface area contributed by atoms with Crippen molar-refractivity contribution in [3.8, 4) is 0 Å². The highest BCUT2D eigenvalue weighted by Gasteiger charge is 2.29. The lowest BCUT2D eigenvalue weighted by Crippen LogP contribution is -2.45. The minimum absolute atomic E-state index is 0.337. The summed E-state index contributed by atoms with van der Waals surface area (Å²) in [6.45, 7) is 11.4. The van der Waals surface area contributed by atoms with E-state index in [4.69, 9.17) is 0 Å². The van der Waals surface area contributed by atoms with Crippen molar-refractivity contribution >= 4 is 0 Å². The molecule has 0 radical (unpaired) electrons. The molecular formula is C16H33FN2. The van der Waals surface area contributed by atoms with E-state index in [2.05, 4.69) is 17.1 Å². The molecule has 0 aromatic rings. The molecule has 0 aromatic heterocycles. The fourth-order valence-electron chi connectivity index (χ4n) is 3.31. The zero-order valence-corrected chi connectivity index (χ0v) is 13.1. The highest BCUT2D eigenvalue weighted by atomic mass is 19.1. The monoisotopic (exact) mass is 272 g/mol. The van der Waals surface area contributed by atoms with Crippen LogP contribution in [0.25, 0.3) is 0 Å². The van der Waals surface area contributed by atoms with Crippen molar-refractivity contribution < 1.29 is 4.39 Å². The van der Waals surface area contributed by atoms with Crippen LogP contribution in [0.4, 0.5) is 4.39 Å². The van der Waals surface area contributed by atoms with Crippen LogP contribution in [-0.4, -0.2) is 43.8 Å². The van der Waals surface area contributed by atoms with Crippen molar-refractivity contribution in [2.24, 2.45) is 11.8 Å². The number of nitrogens with zero attached hydrogens (tertiary/aromatic N) is 1. The van der Waals surface area contributed by atoms with Gasteiger partial charge in [-0.2, -0.15) is 0 Å². The molecule has 2 aliphatic rings. The lowest BCUT2D eigenvalue weighted by atomic mass is 9.89. The Morgan fingerprint density at radius 1 is 1.16 bits per heavy atom. The van der Waals surface area contributed by atoms with Gasteiger partial charge in [0.15, 0.2) is 0 Å². The Balaban J connectivity index is 0.000000861. The van der Waals surface area contributed by atoms with E-state index in [1.54, 1.807) is 0 Å². The summed E-state index contributed by atoms with van der Waals surface area (Å²) in [7, 11) is 0. The normalized spacial score (nSPS) is 29.7. The van der Waals surface area contributed by atoms with E-state index in [1.165, 1.54) is 12.8 Å². The van der Waals surface area contributed by atoms with Gasteiger partial charge in [0, 0.05) is 13.1 Å². The molecule has 114 valence electrons. The van der Waals surface area contributed by atoms with Gasteiger partial charge < -0.3 is 10.2 Å². The highest BCUT2D eigenvalue weighted by Crippen LogP contribution is 2.26. The minimum atomic E-state index is -0.578. The van der Waals surface area contributed by atoms with Crippen LogP contribution in [0.5, 0.6) is 0 Å². The van der Waals surface area contributed by atoms with Crippen molar-refractivity contribution in [3.63, 3.8) is 0 Å². The number of halogens is 1. The zero-order chi connectivity index (χ0) is 14.1. The number of hydrogen-bond acceptors (Lipinski definition) is 2. The van der Waals surface area contributed by atoms with Gasteiger partial charge in [-0.15, -0.1) is 0 Å². The van der Waals surface area contributed by atoms with Crippen molar-refractivity contribution in [3.05, 3.63) is 0 Å². The number of likely N-dealkylation sites (tertiary alicyclic amines) is 1. The molecule has 2 heterocycles. The van der Waals surface area contributed by atoms with Gasteiger partial charge in [0.2, 0.25) is 0 Å². The molecule has 19 heavy (non-hydrogen) atoms. The number of hydrogen-bond donors (Lipinski definition) is 1. The molecule has 2 nitrogen and oxygen atoms in total. The van der Waals surface area contributed by atoms with Crippen LogP contribution in [0.1, 0.15) is 52.9 Å². The lowest BCUT2D eigenvalue weighted by molar-refractivity contribution is 0.0659. The van der Waals surface area contributed by atoms with Gasteiger partial charge in [-0.3, -0.25) is 0 Å². The van der Waals surface area contributed by atoms with Gasteiger partial charge >= 0.3 is 0 Å². The summed E-state index contributed by atoms with van der Waals surface area (Å²) in [5, 5.41) is 3.39. The minimum Gasteiger partial charge on any atom is -0.317 e. The molecule has 2 fully saturated rings. The Morgan fingerprint density at radius 2 is 1.84 bits per heavy atom. The first-order valence-electron chi connectivity index (χ1n) is 8.36. The summed E-state index contributed by atoms with van der Waals surface area (Å²) in [4.78, 5) is 2.37. The summed E-state index contributed by atoms with van der Waals surface area (Å²) >= 11 is 0. The molecule has 1 N–H and O–H groups in total. The topological polar surface area (TPSA) is 15.3 Å². The fraction of sp³-hybridized carbons (Fsp3) is 1.00. The highest BCUT2D eigenvalue weighted by molar-refractivity contribution is 4.82. The third-order valence-electron chi connectivity index (χ3n) is 4.39. The second-order valence-corrected chi connectivity index (χ2v) is 5.81. The van der Waals surface area contributed by atoms with E-state index < -0.39 is 6.17 Å². The SMILES string of the molecule is CC.CCCC1CCN(CC2CCNCC2)CC1F. The van der Waals surface area contributed by atoms with E-state index in [9.17, 15) is 4.39 Å². The quantitative estimate of drug-likeness (QED) is 0.843. The molecule has 0 saturated carbocycles. The molecule has 2 rings (SSSR count). The average Bonchev–Trinajstić information content (AvgIpc) is 2.45. The molecule has 0 aliphatic carbocycles. The fourth-order valence-corrected chi connectivity index (χ4v) is 3.31. The van der Waals surface area contributed by atoms with E-state index in [0.29, 0.717) is 12.5 Å². The van der Waals surface area contributed by atoms with Crippen LogP contribution in [0, 0.1) is 11.8 Å². The first kappa shape index (κ1) is 16.9. The molecule has 0 spiro atoms. The molecule has 2 unspecified atom stereocenters. The predicted octanol–water partition coefficient (Wildman–Crippen LogP) is 3.47. The largest absolute Gasteiger partial charge is 0.317 e. The Bertz CT molecular complexity index is 217. The Kier molecular flexibility index (Phi) is 8.64. The van der Waals surface area contributed by atoms with Gasteiger partial charge in [0.25, 0.3) is 0 Å². The lowest BCUT2D eigenvalue weighted by Gasteiger charge is -2.37. The van der Waals surface area contributed by atoms with E-state index >= 15 is 0 Å². The summed E-state index contributed by atoms with van der Waals surface area (Å²) in [6, 6.07) is 0. The maximum atomic E-state index is 14.0. The molecule has 0 aromatic carbocycles. The number of nitrogens with one attached hydrogen (secondary N) is 1. The Hall–Kier alpha value is -0.150. The van der Waals surface area contributed by atoms with E-state index in [1.807, 2.05) is 13.8 Å². The Morgan fingerprint density at radius 3 is 2.42 bits per heavy atom. The third kappa shape index (κ3) is 5.78. The van der Waals surface area contributed by atoms with Crippen LogP contribution in [0.2, 0.25) is 0 Å². The van der Waals surface area contributed by atoms with Crippen LogP contribution >= 0.6 is 0 Å². The van der Waals surface area contributed by atoms with E-state index in [0.717, 1.165) is 51.4 Å². The van der Waals surface area contributed by atoms with E-state index in [-0.39, 0.29) is 0 Å². The average molecular weight is 272 g/mol. The maximum absolute atomic E-state index is 14.0. The number of piperidine rings is 2. The smallest absolute Gasteiger partial charge is 0.116 e. The van der Waals surface area contributed by atoms with Crippen LogP contribution in [0.15, 0.2) is 0 Å². The first-order chi connectivity index (χ1) is 9.29. The van der Waals surface area contributed by atoms with Crippen molar-refractivity contribution in [2.45, 2.75) is 59.0 Å².